The highest BCUT2D eigenvalue weighted by molar-refractivity contribution is 5.61. The molecule has 0 heterocycles. The molecule has 142 valence electrons. The maximum atomic E-state index is 9.96. The first-order chi connectivity index (χ1) is 13.5. The predicted molar refractivity (Wildman–Crippen MR) is 106 cm³/mol. The van der Waals surface area contributed by atoms with Gasteiger partial charge in [-0.15, -0.1) is 0 Å². The third kappa shape index (κ3) is 2.25. The van der Waals surface area contributed by atoms with Crippen molar-refractivity contribution in [1.29, 1.82) is 21.0 Å². The van der Waals surface area contributed by atoms with Crippen molar-refractivity contribution in [3.63, 3.8) is 0 Å². The summed E-state index contributed by atoms with van der Waals surface area (Å²) in [7, 11) is 0. The molecule has 2 aliphatic carbocycles. The highest BCUT2D eigenvalue weighted by Gasteiger charge is 2.77. The van der Waals surface area contributed by atoms with Gasteiger partial charge in [-0.1, -0.05) is 46.1 Å². The molecule has 2 aliphatic rings. The zero-order chi connectivity index (χ0) is 20.5. The zero-order valence-corrected chi connectivity index (χ0v) is 17.0. The van der Waals surface area contributed by atoms with Crippen molar-refractivity contribution in [3.05, 3.63) is 33.9 Å². The summed E-state index contributed by atoms with van der Waals surface area (Å²) < 4.78 is 0. The average Bonchev–Trinajstić information content (AvgIpc) is 3.04. The number of benzene rings is 1. The van der Waals surface area contributed by atoms with Crippen molar-refractivity contribution in [3.8, 4) is 24.3 Å². The third-order valence-corrected chi connectivity index (χ3v) is 6.79. The average molecular weight is 371 g/mol. The second-order valence-electron chi connectivity index (χ2n) is 8.17. The first-order valence-corrected chi connectivity index (χ1v) is 10.4. The lowest BCUT2D eigenvalue weighted by molar-refractivity contribution is 0.00943. The first kappa shape index (κ1) is 19.9. The van der Waals surface area contributed by atoms with E-state index in [4.69, 9.17) is 0 Å². The molecule has 4 nitrogen and oxygen atoms in total. The summed E-state index contributed by atoms with van der Waals surface area (Å²) in [5, 5.41) is 39.6. The molecule has 3 rings (SSSR count). The summed E-state index contributed by atoms with van der Waals surface area (Å²) >= 11 is 0. The van der Waals surface area contributed by atoms with Gasteiger partial charge in [-0.2, -0.15) is 21.0 Å². The molecule has 0 aliphatic heterocycles. The van der Waals surface area contributed by atoms with Crippen LogP contribution in [0.15, 0.2) is 6.07 Å². The van der Waals surface area contributed by atoms with Gasteiger partial charge in [0.25, 0.3) is 0 Å². The number of fused-ring (bicyclic) bond motifs is 3. The first-order valence-electron chi connectivity index (χ1n) is 10.4. The maximum Gasteiger partial charge on any atom is 0.182 e. The quantitative estimate of drug-likeness (QED) is 0.713. The van der Waals surface area contributed by atoms with E-state index < -0.39 is 10.8 Å². The maximum absolute atomic E-state index is 9.96. The number of nitrogens with zero attached hydrogens (tertiary/aromatic N) is 4. The Labute approximate surface area is 168 Å². The Hall–Kier alpha value is -2.82. The molecule has 1 aromatic rings. The number of hydrogen-bond donors (Lipinski definition) is 0. The van der Waals surface area contributed by atoms with E-state index in [1.807, 2.05) is 0 Å². The molecular weight excluding hydrogens is 344 g/mol. The van der Waals surface area contributed by atoms with Crippen molar-refractivity contribution in [2.24, 2.45) is 16.7 Å². The Morgan fingerprint density at radius 1 is 0.821 bits per heavy atom. The summed E-state index contributed by atoms with van der Waals surface area (Å²) in [6.45, 7) is 6.51. The van der Waals surface area contributed by atoms with Crippen LogP contribution < -0.4 is 0 Å². The van der Waals surface area contributed by atoms with Gasteiger partial charge in [-0.05, 0) is 53.5 Å². The van der Waals surface area contributed by atoms with Gasteiger partial charge in [-0.25, -0.2) is 0 Å². The van der Waals surface area contributed by atoms with Crippen LogP contribution in [0, 0.1) is 62.1 Å². The summed E-state index contributed by atoms with van der Waals surface area (Å²) in [6, 6.07) is 10.7. The van der Waals surface area contributed by atoms with E-state index in [1.54, 1.807) is 0 Å². The zero-order valence-electron chi connectivity index (χ0n) is 17.0. The van der Waals surface area contributed by atoms with Crippen molar-refractivity contribution in [2.75, 3.05) is 0 Å². The molecule has 0 spiro atoms. The summed E-state index contributed by atoms with van der Waals surface area (Å²) in [4.78, 5) is 0. The second-order valence-corrected chi connectivity index (χ2v) is 8.17. The van der Waals surface area contributed by atoms with Gasteiger partial charge in [-0.3, -0.25) is 0 Å². The van der Waals surface area contributed by atoms with Crippen molar-refractivity contribution >= 4 is 0 Å². The SMILES string of the molecule is CCCc1cc2c(c(CCC)c1CCC)C1C(C2)C(C#N)(C#N)C1(C#N)C#N. The van der Waals surface area contributed by atoms with Gasteiger partial charge in [0.2, 0.25) is 0 Å². The molecule has 0 amide bonds. The smallest absolute Gasteiger partial charge is 0.182 e. The minimum atomic E-state index is -1.58. The highest BCUT2D eigenvalue weighted by atomic mass is 14.7. The van der Waals surface area contributed by atoms with Crippen LogP contribution >= 0.6 is 0 Å². The Morgan fingerprint density at radius 3 is 1.86 bits per heavy atom. The largest absolute Gasteiger partial charge is 0.196 e. The molecule has 28 heavy (non-hydrogen) atoms. The molecule has 1 saturated carbocycles. The van der Waals surface area contributed by atoms with Gasteiger partial charge in [0.1, 0.15) is 0 Å². The van der Waals surface area contributed by atoms with Crippen LogP contribution in [0.3, 0.4) is 0 Å². The number of rotatable bonds is 6. The second kappa shape index (κ2) is 7.30. The molecule has 0 radical (unpaired) electrons. The standard InChI is InChI=1S/C24H26N4/c1-4-7-16-10-17-11-20-22(21(17)19(9-6-3)18(16)8-5-2)24(14-27,15-28)23(20,12-25)13-26/h10,20,22H,4-9,11H2,1-3H3. The molecule has 2 atom stereocenters. The van der Waals surface area contributed by atoms with Crippen molar-refractivity contribution < 1.29 is 0 Å². The fourth-order valence-electron chi connectivity index (χ4n) is 5.70. The van der Waals surface area contributed by atoms with E-state index in [0.29, 0.717) is 6.42 Å². The summed E-state index contributed by atoms with van der Waals surface area (Å²) in [5.41, 5.74) is 3.18. The van der Waals surface area contributed by atoms with Gasteiger partial charge in [0, 0.05) is 11.8 Å². The van der Waals surface area contributed by atoms with Gasteiger partial charge in [0.15, 0.2) is 10.8 Å². The lowest BCUT2D eigenvalue weighted by Gasteiger charge is -2.53. The minimum Gasteiger partial charge on any atom is -0.196 e. The van der Waals surface area contributed by atoms with Crippen LogP contribution in [0.5, 0.6) is 0 Å². The number of hydrogen-bond acceptors (Lipinski definition) is 4. The Balaban J connectivity index is 2.30. The third-order valence-electron chi connectivity index (χ3n) is 6.79. The minimum absolute atomic E-state index is 0.265. The molecule has 1 fully saturated rings. The number of aryl methyl sites for hydroxylation is 1. The van der Waals surface area contributed by atoms with Gasteiger partial charge >= 0.3 is 0 Å². The predicted octanol–water partition coefficient (Wildman–Crippen LogP) is 4.88. The van der Waals surface area contributed by atoms with Crippen LogP contribution in [-0.4, -0.2) is 0 Å². The van der Waals surface area contributed by atoms with Gasteiger partial charge in [0.05, 0.1) is 24.3 Å². The van der Waals surface area contributed by atoms with Gasteiger partial charge < -0.3 is 0 Å². The van der Waals surface area contributed by atoms with Crippen LogP contribution in [-0.2, 0) is 25.7 Å². The highest BCUT2D eigenvalue weighted by Crippen LogP contribution is 2.72. The lowest BCUT2D eigenvalue weighted by Crippen LogP contribution is -2.60. The topological polar surface area (TPSA) is 95.2 Å². The van der Waals surface area contributed by atoms with Crippen LogP contribution in [0.1, 0.15) is 73.8 Å². The van der Waals surface area contributed by atoms with Crippen molar-refractivity contribution in [2.45, 2.75) is 71.6 Å². The summed E-state index contributed by atoms with van der Waals surface area (Å²) in [5.74, 6) is -0.594. The summed E-state index contributed by atoms with van der Waals surface area (Å²) in [6.07, 6.45) is 6.63. The molecule has 0 N–H and O–H groups in total. The van der Waals surface area contributed by atoms with Crippen LogP contribution in [0.25, 0.3) is 0 Å². The molecule has 1 aromatic carbocycles. The lowest BCUT2D eigenvalue weighted by atomic mass is 9.40. The number of nitriles is 4. The molecule has 0 aromatic heterocycles. The van der Waals surface area contributed by atoms with Crippen molar-refractivity contribution in [1.82, 2.24) is 0 Å². The van der Waals surface area contributed by atoms with E-state index in [-0.39, 0.29) is 11.8 Å². The molecule has 0 bridgehead atoms. The van der Waals surface area contributed by atoms with E-state index in [2.05, 4.69) is 51.1 Å². The normalized spacial score (nSPS) is 22.5. The fourth-order valence-corrected chi connectivity index (χ4v) is 5.70. The van der Waals surface area contributed by atoms with E-state index >= 15 is 0 Å². The van der Waals surface area contributed by atoms with E-state index in [0.717, 1.165) is 49.7 Å². The Kier molecular flexibility index (Phi) is 5.20. The van der Waals surface area contributed by atoms with Crippen LogP contribution in [0.4, 0.5) is 0 Å². The molecule has 0 saturated heterocycles. The monoisotopic (exact) mass is 370 g/mol. The molecular formula is C24H26N4. The van der Waals surface area contributed by atoms with E-state index in [1.165, 1.54) is 16.7 Å². The van der Waals surface area contributed by atoms with Crippen LogP contribution in [0.2, 0.25) is 0 Å². The van der Waals surface area contributed by atoms with E-state index in [9.17, 15) is 21.0 Å². The Morgan fingerprint density at radius 2 is 1.36 bits per heavy atom. The molecule has 4 heteroatoms. The fraction of sp³-hybridized carbons (Fsp3) is 0.583. The Bertz CT molecular complexity index is 933. The molecule has 2 unspecified atom stereocenters.